The lowest BCUT2D eigenvalue weighted by Gasteiger charge is -2.16. The highest BCUT2D eigenvalue weighted by Gasteiger charge is 2.05. The van der Waals surface area contributed by atoms with Crippen LogP contribution in [-0.2, 0) is 0 Å². The minimum absolute atomic E-state index is 0.273. The van der Waals surface area contributed by atoms with E-state index in [0.29, 0.717) is 5.06 Å². The van der Waals surface area contributed by atoms with Gasteiger partial charge >= 0.3 is 0 Å². The predicted molar refractivity (Wildman–Crippen MR) is 29.7 cm³/mol. The zero-order valence-corrected chi connectivity index (χ0v) is 4.57. The Morgan fingerprint density at radius 3 is 2.78 bits per heavy atom. The lowest BCUT2D eigenvalue weighted by atomic mass is 10.6. The number of nitrogens with two attached hydrogens (primary N) is 1. The minimum Gasteiger partial charge on any atom is -0.492 e. The van der Waals surface area contributed by atoms with Crippen LogP contribution in [0.5, 0.6) is 0 Å². The number of hydrogen-bond donors (Lipinski definition) is 4. The standard InChI is InChI=1S/C4H7N3O2/c5-3-2-7(9)4(8)1-6-3/h1-2,6,8-9H,5H2. The van der Waals surface area contributed by atoms with E-state index in [4.69, 9.17) is 16.0 Å². The van der Waals surface area contributed by atoms with Gasteiger partial charge in [0.05, 0.1) is 12.4 Å². The normalized spacial score (nSPS) is 18.1. The molecule has 0 radical (unpaired) electrons. The van der Waals surface area contributed by atoms with E-state index in [2.05, 4.69) is 5.32 Å². The van der Waals surface area contributed by atoms with Crippen molar-refractivity contribution in [1.29, 1.82) is 0 Å². The molecule has 0 bridgehead atoms. The van der Waals surface area contributed by atoms with E-state index < -0.39 is 0 Å². The summed E-state index contributed by atoms with van der Waals surface area (Å²) >= 11 is 0. The zero-order chi connectivity index (χ0) is 6.85. The monoisotopic (exact) mass is 129 g/mol. The van der Waals surface area contributed by atoms with Crippen LogP contribution in [0.3, 0.4) is 0 Å². The number of hydrogen-bond acceptors (Lipinski definition) is 5. The van der Waals surface area contributed by atoms with Gasteiger partial charge < -0.3 is 16.2 Å². The highest BCUT2D eigenvalue weighted by molar-refractivity contribution is 5.07. The molecule has 0 aliphatic carbocycles. The van der Waals surface area contributed by atoms with Gasteiger partial charge in [0.25, 0.3) is 0 Å². The molecule has 0 atom stereocenters. The highest BCUT2D eigenvalue weighted by atomic mass is 16.5. The van der Waals surface area contributed by atoms with Crippen LogP contribution in [0.15, 0.2) is 24.1 Å². The summed E-state index contributed by atoms with van der Waals surface area (Å²) in [6.07, 6.45) is 2.32. The summed E-state index contributed by atoms with van der Waals surface area (Å²) < 4.78 is 0. The van der Waals surface area contributed by atoms with Crippen LogP contribution >= 0.6 is 0 Å². The molecule has 0 aromatic heterocycles. The molecular formula is C4H7N3O2. The Balaban J connectivity index is 2.70. The van der Waals surface area contributed by atoms with Crippen LogP contribution < -0.4 is 11.1 Å². The third kappa shape index (κ3) is 1.06. The number of nitrogens with zero attached hydrogens (tertiary/aromatic N) is 1. The molecule has 1 aliphatic rings. The Labute approximate surface area is 51.6 Å². The molecular weight excluding hydrogens is 122 g/mol. The number of aliphatic hydroxyl groups is 1. The Morgan fingerprint density at radius 1 is 1.67 bits per heavy atom. The van der Waals surface area contributed by atoms with Crippen molar-refractivity contribution in [3.05, 3.63) is 24.1 Å². The first-order valence-electron chi connectivity index (χ1n) is 2.31. The molecule has 1 rings (SSSR count). The quantitative estimate of drug-likeness (QED) is 0.351. The fourth-order valence-corrected chi connectivity index (χ4v) is 0.449. The molecule has 50 valence electrons. The van der Waals surface area contributed by atoms with E-state index in [1.165, 1.54) is 6.20 Å². The molecule has 0 aromatic rings. The van der Waals surface area contributed by atoms with Crippen molar-refractivity contribution in [1.82, 2.24) is 10.4 Å². The van der Waals surface area contributed by atoms with Gasteiger partial charge in [-0.25, -0.2) is 0 Å². The van der Waals surface area contributed by atoms with E-state index in [1.54, 1.807) is 0 Å². The number of nitrogens with one attached hydrogen (secondary N) is 1. The molecule has 1 aliphatic heterocycles. The molecule has 0 spiro atoms. The van der Waals surface area contributed by atoms with Crippen molar-refractivity contribution in [3.8, 4) is 0 Å². The van der Waals surface area contributed by atoms with Crippen molar-refractivity contribution in [3.63, 3.8) is 0 Å². The third-order valence-electron chi connectivity index (χ3n) is 0.864. The van der Waals surface area contributed by atoms with Gasteiger partial charge in [0.1, 0.15) is 5.82 Å². The molecule has 0 saturated heterocycles. The summed E-state index contributed by atoms with van der Waals surface area (Å²) in [5.74, 6) is -0.0144. The Hall–Kier alpha value is -1.36. The van der Waals surface area contributed by atoms with E-state index in [-0.39, 0.29) is 11.7 Å². The Kier molecular flexibility index (Phi) is 1.20. The molecule has 0 unspecified atom stereocenters. The summed E-state index contributed by atoms with van der Waals surface area (Å²) in [6.45, 7) is 0. The topological polar surface area (TPSA) is 81.8 Å². The summed E-state index contributed by atoms with van der Waals surface area (Å²) in [6, 6.07) is 0. The number of aliphatic hydroxyl groups excluding tert-OH is 1. The second kappa shape index (κ2) is 1.87. The van der Waals surface area contributed by atoms with Crippen molar-refractivity contribution >= 4 is 0 Å². The van der Waals surface area contributed by atoms with Crippen molar-refractivity contribution in [2.24, 2.45) is 5.73 Å². The molecule has 0 saturated carbocycles. The maximum Gasteiger partial charge on any atom is 0.232 e. The average molecular weight is 129 g/mol. The Morgan fingerprint density at radius 2 is 2.33 bits per heavy atom. The van der Waals surface area contributed by atoms with Crippen LogP contribution in [0.2, 0.25) is 0 Å². The molecule has 5 N–H and O–H groups in total. The fraction of sp³-hybridized carbons (Fsp3) is 0. The largest absolute Gasteiger partial charge is 0.492 e. The van der Waals surface area contributed by atoms with Gasteiger partial charge in [0.2, 0.25) is 5.88 Å². The van der Waals surface area contributed by atoms with Gasteiger partial charge in [0.15, 0.2) is 0 Å². The maximum atomic E-state index is 8.67. The van der Waals surface area contributed by atoms with E-state index >= 15 is 0 Å². The molecule has 5 heteroatoms. The predicted octanol–water partition coefficient (Wildman–Crippen LogP) is -0.605. The molecule has 5 nitrogen and oxygen atoms in total. The first kappa shape index (κ1) is 5.77. The van der Waals surface area contributed by atoms with Crippen LogP contribution in [-0.4, -0.2) is 15.4 Å². The van der Waals surface area contributed by atoms with Gasteiger partial charge in [-0.3, -0.25) is 5.21 Å². The van der Waals surface area contributed by atoms with E-state index in [0.717, 1.165) is 6.20 Å². The molecule has 0 amide bonds. The number of hydroxylamine groups is 2. The summed E-state index contributed by atoms with van der Waals surface area (Å²) in [5, 5.41) is 20.3. The zero-order valence-electron chi connectivity index (χ0n) is 4.57. The summed E-state index contributed by atoms with van der Waals surface area (Å²) in [5.41, 5.74) is 5.18. The smallest absolute Gasteiger partial charge is 0.232 e. The van der Waals surface area contributed by atoms with Crippen LogP contribution in [0.1, 0.15) is 0 Å². The van der Waals surface area contributed by atoms with E-state index in [9.17, 15) is 0 Å². The van der Waals surface area contributed by atoms with Crippen LogP contribution in [0.4, 0.5) is 0 Å². The van der Waals surface area contributed by atoms with Crippen LogP contribution in [0, 0.1) is 0 Å². The van der Waals surface area contributed by atoms with Crippen molar-refractivity contribution in [2.75, 3.05) is 0 Å². The van der Waals surface area contributed by atoms with Gasteiger partial charge in [-0.1, -0.05) is 0 Å². The van der Waals surface area contributed by atoms with Crippen LogP contribution in [0.25, 0.3) is 0 Å². The van der Waals surface area contributed by atoms with Gasteiger partial charge in [-0.15, -0.1) is 0 Å². The van der Waals surface area contributed by atoms with E-state index in [1.807, 2.05) is 0 Å². The molecule has 0 aromatic carbocycles. The SMILES string of the molecule is NC1=CN(O)C(O)=CN1. The molecule has 9 heavy (non-hydrogen) atoms. The lowest BCUT2D eigenvalue weighted by Crippen LogP contribution is -2.26. The fourth-order valence-electron chi connectivity index (χ4n) is 0.449. The van der Waals surface area contributed by atoms with Gasteiger partial charge in [-0.2, -0.15) is 5.06 Å². The highest BCUT2D eigenvalue weighted by Crippen LogP contribution is 2.00. The lowest BCUT2D eigenvalue weighted by molar-refractivity contribution is -0.0505. The summed E-state index contributed by atoms with van der Waals surface area (Å²) in [4.78, 5) is 0. The van der Waals surface area contributed by atoms with Crippen molar-refractivity contribution < 1.29 is 10.3 Å². The first-order chi connectivity index (χ1) is 4.20. The van der Waals surface area contributed by atoms with Gasteiger partial charge in [0, 0.05) is 0 Å². The maximum absolute atomic E-state index is 8.67. The summed E-state index contributed by atoms with van der Waals surface area (Å²) in [7, 11) is 0. The average Bonchev–Trinajstić information content (AvgIpc) is 1.80. The minimum atomic E-state index is -0.288. The molecule has 0 fully saturated rings. The molecule has 1 heterocycles. The number of rotatable bonds is 0. The van der Waals surface area contributed by atoms with Crippen molar-refractivity contribution in [2.45, 2.75) is 0 Å². The van der Waals surface area contributed by atoms with Gasteiger partial charge in [-0.05, 0) is 0 Å². The second-order valence-electron chi connectivity index (χ2n) is 1.58. The third-order valence-corrected chi connectivity index (χ3v) is 0.864. The first-order valence-corrected chi connectivity index (χ1v) is 2.31. The second-order valence-corrected chi connectivity index (χ2v) is 1.58. The Bertz CT molecular complexity index is 175.